The number of carbonyl (C=O) groups is 1. The van der Waals surface area contributed by atoms with E-state index < -0.39 is 12.1 Å². The molecule has 0 aromatic heterocycles. The molecule has 2 N–H and O–H groups in total. The molecule has 2 aliphatic rings. The molecule has 2 aliphatic heterocycles. The number of hydrogen-bond donors (Lipinski definition) is 2. The molecule has 0 amide bonds. The molecule has 0 fully saturated rings. The van der Waals surface area contributed by atoms with Crippen molar-refractivity contribution in [3.05, 3.63) is 52.6 Å². The van der Waals surface area contributed by atoms with Crippen molar-refractivity contribution >= 4 is 11.9 Å². The van der Waals surface area contributed by atoms with Crippen LogP contribution in [0.3, 0.4) is 0 Å². The number of benzene rings is 2. The average molecular weight is 410 g/mol. The number of ketones is 1. The predicted octanol–water partition coefficient (Wildman–Crippen LogP) is 4.35. The van der Waals surface area contributed by atoms with Gasteiger partial charge in [0, 0.05) is 12.5 Å². The summed E-state index contributed by atoms with van der Waals surface area (Å²) in [6.07, 6.45) is 4.35. The van der Waals surface area contributed by atoms with E-state index in [0.717, 1.165) is 11.1 Å². The molecular weight excluding hydrogens is 388 g/mol. The monoisotopic (exact) mass is 410 g/mol. The molecule has 0 radical (unpaired) electrons. The predicted molar refractivity (Wildman–Crippen MR) is 110 cm³/mol. The molecule has 7 nitrogen and oxygen atoms in total. The second-order valence-corrected chi connectivity index (χ2v) is 7.31. The first-order valence-corrected chi connectivity index (χ1v) is 9.54. The lowest BCUT2D eigenvalue weighted by Crippen LogP contribution is -2.12. The van der Waals surface area contributed by atoms with Crippen LogP contribution in [-0.4, -0.2) is 29.1 Å². The Bertz CT molecular complexity index is 1080. The molecule has 1 atom stereocenters. The fourth-order valence-electron chi connectivity index (χ4n) is 3.31. The van der Waals surface area contributed by atoms with Crippen LogP contribution in [0.2, 0.25) is 0 Å². The van der Waals surface area contributed by atoms with Gasteiger partial charge < -0.3 is 29.2 Å². The Morgan fingerprint density at radius 1 is 1.10 bits per heavy atom. The Morgan fingerprint density at radius 3 is 2.60 bits per heavy atom. The second-order valence-electron chi connectivity index (χ2n) is 7.31. The van der Waals surface area contributed by atoms with Gasteiger partial charge in [0.2, 0.25) is 18.8 Å². The number of rotatable bonds is 5. The van der Waals surface area contributed by atoms with Crippen LogP contribution in [0.4, 0.5) is 0 Å². The lowest BCUT2D eigenvalue weighted by molar-refractivity contribution is 0.0657. The van der Waals surface area contributed by atoms with Gasteiger partial charge >= 0.3 is 0 Å². The number of fused-ring (bicyclic) bond motifs is 2. The van der Waals surface area contributed by atoms with Crippen LogP contribution < -0.4 is 18.9 Å². The van der Waals surface area contributed by atoms with E-state index in [9.17, 15) is 15.0 Å². The van der Waals surface area contributed by atoms with Crippen molar-refractivity contribution < 1.29 is 34.0 Å². The molecule has 0 saturated carbocycles. The Balaban J connectivity index is 1.72. The normalized spacial score (nSPS) is 16.2. The number of phenolic OH excluding ortho intramolecular Hbond substituents is 2. The van der Waals surface area contributed by atoms with E-state index in [1.54, 1.807) is 31.2 Å². The molecule has 1 unspecified atom stereocenters. The van der Waals surface area contributed by atoms with Crippen molar-refractivity contribution in [3.63, 3.8) is 0 Å². The molecule has 2 heterocycles. The average Bonchev–Trinajstić information content (AvgIpc) is 3.31. The third-order valence-electron chi connectivity index (χ3n) is 4.81. The third kappa shape index (κ3) is 3.54. The van der Waals surface area contributed by atoms with Crippen molar-refractivity contribution in [1.82, 2.24) is 0 Å². The van der Waals surface area contributed by atoms with Gasteiger partial charge in [0.15, 0.2) is 28.8 Å². The van der Waals surface area contributed by atoms with Crippen LogP contribution in [0.5, 0.6) is 34.5 Å². The highest BCUT2D eigenvalue weighted by atomic mass is 16.7. The summed E-state index contributed by atoms with van der Waals surface area (Å²) in [4.78, 5) is 13.0. The maximum Gasteiger partial charge on any atom is 0.239 e. The van der Waals surface area contributed by atoms with E-state index in [2.05, 4.69) is 0 Å². The topological polar surface area (TPSA) is 94.5 Å². The van der Waals surface area contributed by atoms with Crippen LogP contribution in [0, 0.1) is 0 Å². The molecule has 2 aromatic carbocycles. The second kappa shape index (κ2) is 7.67. The van der Waals surface area contributed by atoms with Gasteiger partial charge in [0.1, 0.15) is 11.3 Å². The molecule has 2 aromatic rings. The summed E-state index contributed by atoms with van der Waals surface area (Å²) in [7, 11) is 0. The third-order valence-corrected chi connectivity index (χ3v) is 4.81. The number of allylic oxidation sites excluding steroid dienone is 3. The van der Waals surface area contributed by atoms with Gasteiger partial charge in [-0.1, -0.05) is 23.8 Å². The van der Waals surface area contributed by atoms with Crippen LogP contribution in [0.1, 0.15) is 42.3 Å². The lowest BCUT2D eigenvalue weighted by atomic mass is 9.98. The minimum Gasteiger partial charge on any atom is -0.507 e. The zero-order chi connectivity index (χ0) is 21.4. The van der Waals surface area contributed by atoms with Crippen molar-refractivity contribution in [2.45, 2.75) is 33.5 Å². The Labute approximate surface area is 173 Å². The van der Waals surface area contributed by atoms with Gasteiger partial charge in [-0.2, -0.15) is 0 Å². The number of carbonyl (C=O) groups excluding carboxylic acids is 1. The van der Waals surface area contributed by atoms with Gasteiger partial charge in [-0.05, 0) is 44.0 Å². The zero-order valence-corrected chi connectivity index (χ0v) is 16.9. The van der Waals surface area contributed by atoms with Crippen molar-refractivity contribution in [1.29, 1.82) is 0 Å². The van der Waals surface area contributed by atoms with Crippen molar-refractivity contribution in [3.8, 4) is 34.5 Å². The van der Waals surface area contributed by atoms with Crippen LogP contribution in [0.25, 0.3) is 6.08 Å². The summed E-state index contributed by atoms with van der Waals surface area (Å²) in [5.74, 6) is 0.347. The van der Waals surface area contributed by atoms with Gasteiger partial charge in [-0.25, -0.2) is 0 Å². The van der Waals surface area contributed by atoms with Crippen LogP contribution >= 0.6 is 0 Å². The van der Waals surface area contributed by atoms with Gasteiger partial charge in [0.25, 0.3) is 0 Å². The highest BCUT2D eigenvalue weighted by Crippen LogP contribution is 2.52. The zero-order valence-electron chi connectivity index (χ0n) is 16.9. The maximum absolute atomic E-state index is 13.0. The van der Waals surface area contributed by atoms with Gasteiger partial charge in [-0.15, -0.1) is 0 Å². The summed E-state index contributed by atoms with van der Waals surface area (Å²) in [5.41, 5.74) is 1.92. The molecule has 7 heteroatoms. The van der Waals surface area contributed by atoms with Gasteiger partial charge in [0.05, 0.1) is 0 Å². The summed E-state index contributed by atoms with van der Waals surface area (Å²) in [5, 5.41) is 21.4. The van der Waals surface area contributed by atoms with Crippen molar-refractivity contribution in [2.75, 3.05) is 6.79 Å². The standard InChI is InChI=1S/C23H22O7/c1-12(2)4-7-15-20(25)19(22-23(21(15)26)30-13(3)29-22)16(24)8-5-14-6-9-17-18(10-14)28-11-27-17/h4-6,8-10,13,25-26H,7,11H2,1-3H3/b8-5+. The first kappa shape index (κ1) is 19.7. The van der Waals surface area contributed by atoms with Gasteiger partial charge in [-0.3, -0.25) is 4.79 Å². The molecule has 156 valence electrons. The van der Waals surface area contributed by atoms with Crippen LogP contribution in [-0.2, 0) is 6.42 Å². The maximum atomic E-state index is 13.0. The number of phenols is 2. The minimum atomic E-state index is -0.687. The summed E-state index contributed by atoms with van der Waals surface area (Å²) >= 11 is 0. The fourth-order valence-corrected chi connectivity index (χ4v) is 3.31. The first-order chi connectivity index (χ1) is 14.3. The Morgan fingerprint density at radius 2 is 1.83 bits per heavy atom. The highest BCUT2D eigenvalue weighted by molar-refractivity contribution is 6.11. The first-order valence-electron chi connectivity index (χ1n) is 9.54. The molecule has 4 rings (SSSR count). The van der Waals surface area contributed by atoms with Crippen LogP contribution in [0.15, 0.2) is 35.9 Å². The fraction of sp³-hybridized carbons (Fsp3) is 0.261. The number of hydrogen-bond acceptors (Lipinski definition) is 7. The molecule has 0 saturated heterocycles. The Hall–Kier alpha value is -3.61. The van der Waals surface area contributed by atoms with E-state index >= 15 is 0 Å². The molecule has 30 heavy (non-hydrogen) atoms. The van der Waals surface area contributed by atoms with E-state index in [4.69, 9.17) is 18.9 Å². The van der Waals surface area contributed by atoms with E-state index in [1.807, 2.05) is 19.9 Å². The summed E-state index contributed by atoms with van der Waals surface area (Å²) in [6.45, 7) is 5.62. The SMILES string of the molecule is CC(C)=CCc1c(O)c2c(c(C(=O)/C=C/c3ccc4c(c3)OCO4)c1O)OC(C)O2. The molecular formula is C23H22O7. The smallest absolute Gasteiger partial charge is 0.239 e. The quantitative estimate of drug-likeness (QED) is 0.430. The lowest BCUT2D eigenvalue weighted by Gasteiger charge is -2.13. The highest BCUT2D eigenvalue weighted by Gasteiger charge is 2.34. The van der Waals surface area contributed by atoms with E-state index in [-0.39, 0.29) is 47.3 Å². The molecule has 0 spiro atoms. The number of ether oxygens (including phenoxy) is 4. The summed E-state index contributed by atoms with van der Waals surface area (Å²) in [6, 6.07) is 5.31. The van der Waals surface area contributed by atoms with E-state index in [1.165, 1.54) is 6.08 Å². The minimum absolute atomic E-state index is 0.0405. The summed E-state index contributed by atoms with van der Waals surface area (Å²) < 4.78 is 21.7. The number of aromatic hydroxyl groups is 2. The Kier molecular flexibility index (Phi) is 5.03. The van der Waals surface area contributed by atoms with Crippen molar-refractivity contribution in [2.24, 2.45) is 0 Å². The largest absolute Gasteiger partial charge is 0.507 e. The molecule has 0 bridgehead atoms. The van der Waals surface area contributed by atoms with E-state index in [0.29, 0.717) is 11.5 Å². The molecule has 0 aliphatic carbocycles.